The smallest absolute Gasteiger partial charge is 0.243 e. The van der Waals surface area contributed by atoms with Gasteiger partial charge in [-0.05, 0) is 41.7 Å². The first-order valence-electron chi connectivity index (χ1n) is 11.0. The number of imidazole rings is 1. The molecule has 0 unspecified atom stereocenters. The van der Waals surface area contributed by atoms with Crippen molar-refractivity contribution in [3.8, 4) is 0 Å². The first-order chi connectivity index (χ1) is 15.2. The molecule has 0 aliphatic carbocycles. The molecule has 1 aromatic heterocycles. The minimum absolute atomic E-state index is 0.140. The molecular formula is C24H31N3O3S2. The first kappa shape index (κ1) is 23.3. The fraction of sp³-hybridized carbons (Fsp3) is 0.458. The minimum Gasteiger partial charge on any atom is -0.379 e. The molecule has 2 heterocycles. The van der Waals surface area contributed by atoms with E-state index in [2.05, 4.69) is 56.5 Å². The molecule has 6 nitrogen and oxygen atoms in total. The highest BCUT2D eigenvalue weighted by Crippen LogP contribution is 2.30. The monoisotopic (exact) mass is 473 g/mol. The number of ether oxygens (including phenoxy) is 1. The summed E-state index contributed by atoms with van der Waals surface area (Å²) in [4.78, 5) is 5.09. The number of hydrogen-bond acceptors (Lipinski definition) is 5. The molecule has 0 bridgehead atoms. The van der Waals surface area contributed by atoms with E-state index in [0.717, 1.165) is 23.0 Å². The molecule has 0 radical (unpaired) electrons. The van der Waals surface area contributed by atoms with E-state index in [-0.39, 0.29) is 5.41 Å². The van der Waals surface area contributed by atoms with Crippen molar-refractivity contribution in [1.82, 2.24) is 13.9 Å². The van der Waals surface area contributed by atoms with Crippen molar-refractivity contribution in [3.05, 3.63) is 53.6 Å². The summed E-state index contributed by atoms with van der Waals surface area (Å²) in [5.41, 5.74) is 4.38. The number of thioether (sulfide) groups is 1. The largest absolute Gasteiger partial charge is 0.379 e. The summed E-state index contributed by atoms with van der Waals surface area (Å²) >= 11 is 1.68. The molecule has 8 heteroatoms. The van der Waals surface area contributed by atoms with Gasteiger partial charge in [0.15, 0.2) is 5.16 Å². The predicted octanol–water partition coefficient (Wildman–Crippen LogP) is 4.67. The Labute approximate surface area is 195 Å². The highest BCUT2D eigenvalue weighted by molar-refractivity contribution is 7.98. The Hall–Kier alpha value is -1.87. The van der Waals surface area contributed by atoms with E-state index < -0.39 is 10.0 Å². The van der Waals surface area contributed by atoms with Crippen molar-refractivity contribution in [3.63, 3.8) is 0 Å². The van der Waals surface area contributed by atoms with E-state index in [0.29, 0.717) is 36.7 Å². The lowest BCUT2D eigenvalue weighted by atomic mass is 9.87. The van der Waals surface area contributed by atoms with E-state index >= 15 is 0 Å². The van der Waals surface area contributed by atoms with Gasteiger partial charge in [-0.15, -0.1) is 0 Å². The Balaban J connectivity index is 1.57. The molecule has 1 fully saturated rings. The van der Waals surface area contributed by atoms with Crippen LogP contribution in [-0.2, 0) is 32.5 Å². The third kappa shape index (κ3) is 4.73. The number of fused-ring (bicyclic) bond motifs is 1. The Kier molecular flexibility index (Phi) is 6.68. The van der Waals surface area contributed by atoms with E-state index in [1.54, 1.807) is 23.9 Å². The molecule has 1 aliphatic heterocycles. The predicted molar refractivity (Wildman–Crippen MR) is 130 cm³/mol. The summed E-state index contributed by atoms with van der Waals surface area (Å²) < 4.78 is 35.0. The summed E-state index contributed by atoms with van der Waals surface area (Å²) in [5.74, 6) is 0.812. The molecule has 1 saturated heterocycles. The number of hydrogen-bond donors (Lipinski definition) is 0. The fourth-order valence-electron chi connectivity index (χ4n) is 3.85. The van der Waals surface area contributed by atoms with Gasteiger partial charge >= 0.3 is 0 Å². The van der Waals surface area contributed by atoms with E-state index in [1.165, 1.54) is 15.4 Å². The average molecular weight is 474 g/mol. The third-order valence-electron chi connectivity index (χ3n) is 5.80. The highest BCUT2D eigenvalue weighted by atomic mass is 32.2. The molecule has 3 aromatic rings. The fourth-order valence-corrected chi connectivity index (χ4v) is 6.31. The maximum Gasteiger partial charge on any atom is 0.243 e. The van der Waals surface area contributed by atoms with Gasteiger partial charge in [0, 0.05) is 25.4 Å². The molecule has 4 rings (SSSR count). The summed E-state index contributed by atoms with van der Waals surface area (Å²) in [6.07, 6.45) is 0. The molecular weight excluding hydrogens is 442 g/mol. The lowest BCUT2D eigenvalue weighted by Crippen LogP contribution is -2.40. The molecule has 2 aromatic carbocycles. The maximum atomic E-state index is 13.0. The Bertz CT molecular complexity index is 1190. The topological polar surface area (TPSA) is 64.4 Å². The SMILES string of the molecule is CCn1c(SCc2ccc(C(C)(C)C)cc2)nc2cc(S(=O)(=O)N3CCOCC3)ccc21. The summed E-state index contributed by atoms with van der Waals surface area (Å²) in [5, 5.41) is 0.906. The van der Waals surface area contributed by atoms with Crippen molar-refractivity contribution in [1.29, 1.82) is 0 Å². The van der Waals surface area contributed by atoms with Crippen LogP contribution in [0.15, 0.2) is 52.5 Å². The molecule has 0 N–H and O–H groups in total. The Morgan fingerprint density at radius 3 is 2.38 bits per heavy atom. The van der Waals surface area contributed by atoms with Gasteiger partial charge in [-0.1, -0.05) is 56.8 Å². The van der Waals surface area contributed by atoms with E-state index in [4.69, 9.17) is 9.72 Å². The van der Waals surface area contributed by atoms with Crippen LogP contribution >= 0.6 is 11.8 Å². The molecule has 1 aliphatic rings. The van der Waals surface area contributed by atoms with Crippen LogP contribution < -0.4 is 0 Å². The van der Waals surface area contributed by atoms with Crippen molar-refractivity contribution in [2.45, 2.75) is 55.5 Å². The first-order valence-corrected chi connectivity index (χ1v) is 13.4. The Morgan fingerprint density at radius 1 is 1.06 bits per heavy atom. The molecule has 0 spiro atoms. The van der Waals surface area contributed by atoms with Gasteiger partial charge in [-0.3, -0.25) is 0 Å². The maximum absolute atomic E-state index is 13.0. The van der Waals surface area contributed by atoms with E-state index in [1.807, 2.05) is 6.07 Å². The molecule has 172 valence electrons. The van der Waals surface area contributed by atoms with Gasteiger partial charge in [-0.2, -0.15) is 4.31 Å². The summed E-state index contributed by atoms with van der Waals surface area (Å²) in [6.45, 7) is 11.2. The van der Waals surface area contributed by atoms with Crippen LogP contribution in [0.1, 0.15) is 38.8 Å². The molecule has 0 amide bonds. The van der Waals surface area contributed by atoms with Crippen molar-refractivity contribution >= 4 is 32.8 Å². The van der Waals surface area contributed by atoms with Crippen LogP contribution in [0.3, 0.4) is 0 Å². The van der Waals surface area contributed by atoms with Crippen LogP contribution in [0.25, 0.3) is 11.0 Å². The average Bonchev–Trinajstić information content (AvgIpc) is 3.14. The number of rotatable bonds is 6. The van der Waals surface area contributed by atoms with Gasteiger partial charge < -0.3 is 9.30 Å². The number of aromatic nitrogens is 2. The second kappa shape index (κ2) is 9.17. The van der Waals surface area contributed by atoms with Crippen LogP contribution in [-0.4, -0.2) is 48.6 Å². The van der Waals surface area contributed by atoms with E-state index in [9.17, 15) is 8.42 Å². The molecule has 0 atom stereocenters. The lowest BCUT2D eigenvalue weighted by molar-refractivity contribution is 0.0730. The normalized spacial score (nSPS) is 16.0. The van der Waals surface area contributed by atoms with Gasteiger partial charge in [0.05, 0.1) is 29.1 Å². The van der Waals surface area contributed by atoms with Gasteiger partial charge in [0.25, 0.3) is 0 Å². The van der Waals surface area contributed by atoms with Crippen molar-refractivity contribution in [2.24, 2.45) is 0 Å². The number of morpholine rings is 1. The van der Waals surface area contributed by atoms with Crippen molar-refractivity contribution < 1.29 is 13.2 Å². The minimum atomic E-state index is -3.54. The zero-order chi connectivity index (χ0) is 22.9. The summed E-state index contributed by atoms with van der Waals surface area (Å²) in [7, 11) is -3.54. The standard InChI is InChI=1S/C24H31N3O3S2/c1-5-27-22-11-10-20(32(28,29)26-12-14-30-15-13-26)16-21(22)25-23(27)31-17-18-6-8-19(9-7-18)24(2,3)4/h6-11,16H,5,12-15,17H2,1-4H3. The summed E-state index contributed by atoms with van der Waals surface area (Å²) in [6, 6.07) is 14.0. The Morgan fingerprint density at radius 2 is 1.75 bits per heavy atom. The second-order valence-corrected chi connectivity index (χ2v) is 11.9. The van der Waals surface area contributed by atoms with Gasteiger partial charge in [0.1, 0.15) is 0 Å². The zero-order valence-corrected chi connectivity index (χ0v) is 20.8. The third-order valence-corrected chi connectivity index (χ3v) is 8.74. The highest BCUT2D eigenvalue weighted by Gasteiger charge is 2.27. The quantitative estimate of drug-likeness (QED) is 0.487. The zero-order valence-electron chi connectivity index (χ0n) is 19.2. The number of aryl methyl sites for hydroxylation is 1. The van der Waals surface area contributed by atoms with Gasteiger partial charge in [-0.25, -0.2) is 13.4 Å². The second-order valence-electron chi connectivity index (χ2n) is 9.04. The van der Waals surface area contributed by atoms with Crippen molar-refractivity contribution in [2.75, 3.05) is 26.3 Å². The molecule has 32 heavy (non-hydrogen) atoms. The van der Waals surface area contributed by atoms with Crippen LogP contribution in [0.4, 0.5) is 0 Å². The molecule has 0 saturated carbocycles. The van der Waals surface area contributed by atoms with Crippen LogP contribution in [0.2, 0.25) is 0 Å². The number of benzene rings is 2. The van der Waals surface area contributed by atoms with Crippen LogP contribution in [0.5, 0.6) is 0 Å². The lowest BCUT2D eigenvalue weighted by Gasteiger charge is -2.26. The number of nitrogens with zero attached hydrogens (tertiary/aromatic N) is 3. The van der Waals surface area contributed by atoms with Crippen LogP contribution in [0, 0.1) is 0 Å². The van der Waals surface area contributed by atoms with Gasteiger partial charge in [0.2, 0.25) is 10.0 Å². The number of sulfonamides is 1.